The van der Waals surface area contributed by atoms with Crippen LogP contribution in [0.2, 0.25) is 0 Å². The Bertz CT molecular complexity index is 81.0. The van der Waals surface area contributed by atoms with Crippen LogP contribution < -0.4 is 0 Å². The maximum Gasteiger partial charge on any atom is 0.0889 e. The summed E-state index contributed by atoms with van der Waals surface area (Å²) in [5.74, 6) is 0. The molecule has 0 aliphatic heterocycles. The van der Waals surface area contributed by atoms with Crippen molar-refractivity contribution in [3.05, 3.63) is 0 Å². The molecule has 0 bridgehead atoms. The average molecular weight is 129 g/mol. The van der Waals surface area contributed by atoms with Crippen molar-refractivity contribution in [2.24, 2.45) is 4.99 Å². The second kappa shape index (κ2) is 5.76. The van der Waals surface area contributed by atoms with Gasteiger partial charge in [0.05, 0.1) is 6.10 Å². The summed E-state index contributed by atoms with van der Waals surface area (Å²) in [6, 6.07) is 0. The zero-order valence-electron chi connectivity index (χ0n) is 6.42. The van der Waals surface area contributed by atoms with E-state index in [4.69, 9.17) is 4.74 Å². The van der Waals surface area contributed by atoms with Gasteiger partial charge < -0.3 is 4.74 Å². The lowest BCUT2D eigenvalue weighted by Gasteiger charge is -1.99. The first-order valence-corrected chi connectivity index (χ1v) is 3.34. The van der Waals surface area contributed by atoms with Gasteiger partial charge in [0, 0.05) is 19.9 Å². The Morgan fingerprint density at radius 1 is 1.67 bits per heavy atom. The molecule has 9 heavy (non-hydrogen) atoms. The van der Waals surface area contributed by atoms with Gasteiger partial charge in [0.15, 0.2) is 0 Å². The van der Waals surface area contributed by atoms with E-state index in [-0.39, 0.29) is 6.10 Å². The molecule has 0 aromatic rings. The highest BCUT2D eigenvalue weighted by atomic mass is 16.5. The van der Waals surface area contributed by atoms with Crippen LogP contribution in [0.1, 0.15) is 20.3 Å². The predicted molar refractivity (Wildman–Crippen MR) is 40.1 cm³/mol. The van der Waals surface area contributed by atoms with Crippen molar-refractivity contribution in [2.45, 2.75) is 26.4 Å². The van der Waals surface area contributed by atoms with Crippen molar-refractivity contribution >= 4 is 6.21 Å². The Hall–Kier alpha value is -0.370. The summed E-state index contributed by atoms with van der Waals surface area (Å²) >= 11 is 0. The molecule has 0 radical (unpaired) electrons. The van der Waals surface area contributed by atoms with Gasteiger partial charge in [-0.3, -0.25) is 4.99 Å². The molecule has 54 valence electrons. The van der Waals surface area contributed by atoms with Crippen LogP contribution in [-0.4, -0.2) is 26.0 Å². The van der Waals surface area contributed by atoms with Crippen LogP contribution in [0.25, 0.3) is 0 Å². The van der Waals surface area contributed by atoms with Crippen molar-refractivity contribution in [1.29, 1.82) is 0 Å². The summed E-state index contributed by atoms with van der Waals surface area (Å²) in [5, 5.41) is 0. The fourth-order valence-corrected chi connectivity index (χ4v) is 0.413. The Morgan fingerprint density at radius 3 is 2.78 bits per heavy atom. The maximum absolute atomic E-state index is 4.95. The number of methoxy groups -OCH3 is 1. The van der Waals surface area contributed by atoms with E-state index in [0.29, 0.717) is 0 Å². The second-order valence-electron chi connectivity index (χ2n) is 2.00. The van der Waals surface area contributed by atoms with Crippen LogP contribution in [0.3, 0.4) is 0 Å². The van der Waals surface area contributed by atoms with Gasteiger partial charge in [-0.05, 0) is 13.3 Å². The van der Waals surface area contributed by atoms with Gasteiger partial charge in [0.25, 0.3) is 0 Å². The third kappa shape index (κ3) is 5.50. The molecular formula is C7H15NO. The van der Waals surface area contributed by atoms with Crippen molar-refractivity contribution < 1.29 is 4.74 Å². The smallest absolute Gasteiger partial charge is 0.0889 e. The molecule has 0 aliphatic rings. The highest BCUT2D eigenvalue weighted by molar-refractivity contribution is 5.62. The van der Waals surface area contributed by atoms with Gasteiger partial charge in [-0.2, -0.15) is 0 Å². The number of nitrogens with zero attached hydrogens (tertiary/aromatic N) is 1. The molecule has 0 spiro atoms. The molecular weight excluding hydrogens is 114 g/mol. The summed E-state index contributed by atoms with van der Waals surface area (Å²) in [6.45, 7) is 4.99. The molecule has 0 amide bonds. The van der Waals surface area contributed by atoms with Crippen LogP contribution >= 0.6 is 0 Å². The van der Waals surface area contributed by atoms with E-state index in [1.807, 2.05) is 13.1 Å². The number of rotatable bonds is 4. The van der Waals surface area contributed by atoms with Gasteiger partial charge in [0.1, 0.15) is 0 Å². The molecule has 2 nitrogen and oxygen atoms in total. The van der Waals surface area contributed by atoms with E-state index in [0.717, 1.165) is 13.0 Å². The number of aliphatic imine (C=N–C) groups is 1. The fourth-order valence-electron chi connectivity index (χ4n) is 0.413. The number of hydrogen-bond acceptors (Lipinski definition) is 2. The summed E-state index contributed by atoms with van der Waals surface area (Å²) in [6.07, 6.45) is 3.10. The minimum atomic E-state index is 0.163. The molecule has 1 atom stereocenters. The summed E-state index contributed by atoms with van der Waals surface area (Å²) in [5.41, 5.74) is 0. The van der Waals surface area contributed by atoms with Crippen LogP contribution in [0.15, 0.2) is 4.99 Å². The van der Waals surface area contributed by atoms with Crippen molar-refractivity contribution in [2.75, 3.05) is 13.7 Å². The molecule has 0 N–H and O–H groups in total. The number of ether oxygens (including phenoxy) is 1. The summed E-state index contributed by atoms with van der Waals surface area (Å²) in [7, 11) is 1.68. The Labute approximate surface area is 56.9 Å². The molecule has 0 rings (SSSR count). The average Bonchev–Trinajstić information content (AvgIpc) is 1.89. The monoisotopic (exact) mass is 129 g/mol. The highest BCUT2D eigenvalue weighted by Crippen LogP contribution is 1.83. The first kappa shape index (κ1) is 8.63. The zero-order chi connectivity index (χ0) is 7.11. The van der Waals surface area contributed by atoms with E-state index < -0.39 is 0 Å². The lowest BCUT2D eigenvalue weighted by molar-refractivity contribution is 0.174. The van der Waals surface area contributed by atoms with Crippen LogP contribution in [0, 0.1) is 0 Å². The van der Waals surface area contributed by atoms with Gasteiger partial charge >= 0.3 is 0 Å². The predicted octanol–water partition coefficient (Wildman–Crippen LogP) is 1.50. The van der Waals surface area contributed by atoms with E-state index in [2.05, 4.69) is 11.9 Å². The van der Waals surface area contributed by atoms with Gasteiger partial charge in [-0.15, -0.1) is 0 Å². The largest absolute Gasteiger partial charge is 0.376 e. The standard InChI is InChI=1S/C7H15NO/c1-4-5-8-6-7(2)9-3/h6-7H,4-5H2,1-3H3/t7-/m0/s1. The first-order valence-electron chi connectivity index (χ1n) is 3.34. The molecule has 0 aromatic carbocycles. The normalized spacial score (nSPS) is 14.6. The molecule has 0 unspecified atom stereocenters. The fraction of sp³-hybridized carbons (Fsp3) is 0.857. The van der Waals surface area contributed by atoms with Crippen LogP contribution in [0.4, 0.5) is 0 Å². The zero-order valence-corrected chi connectivity index (χ0v) is 6.42. The molecule has 0 aliphatic carbocycles. The quantitative estimate of drug-likeness (QED) is 0.527. The number of hydrogen-bond donors (Lipinski definition) is 0. The van der Waals surface area contributed by atoms with Gasteiger partial charge in [0.2, 0.25) is 0 Å². The highest BCUT2D eigenvalue weighted by Gasteiger charge is 1.88. The van der Waals surface area contributed by atoms with Crippen molar-refractivity contribution in [1.82, 2.24) is 0 Å². The molecule has 0 fully saturated rings. The van der Waals surface area contributed by atoms with Gasteiger partial charge in [-0.1, -0.05) is 6.92 Å². The Kier molecular flexibility index (Phi) is 5.52. The molecule has 0 saturated heterocycles. The lowest BCUT2D eigenvalue weighted by Crippen LogP contribution is -2.05. The van der Waals surface area contributed by atoms with Crippen molar-refractivity contribution in [3.63, 3.8) is 0 Å². The second-order valence-corrected chi connectivity index (χ2v) is 2.00. The Morgan fingerprint density at radius 2 is 2.33 bits per heavy atom. The van der Waals surface area contributed by atoms with Crippen molar-refractivity contribution in [3.8, 4) is 0 Å². The lowest BCUT2D eigenvalue weighted by atomic mass is 10.4. The van der Waals surface area contributed by atoms with E-state index in [1.165, 1.54) is 0 Å². The van der Waals surface area contributed by atoms with Crippen LogP contribution in [0.5, 0.6) is 0 Å². The molecule has 2 heteroatoms. The summed E-state index contributed by atoms with van der Waals surface area (Å²) < 4.78 is 4.95. The third-order valence-corrected chi connectivity index (χ3v) is 1.04. The Balaban J connectivity index is 3.20. The van der Waals surface area contributed by atoms with Crippen LogP contribution in [-0.2, 0) is 4.74 Å². The van der Waals surface area contributed by atoms with E-state index in [9.17, 15) is 0 Å². The SMILES string of the molecule is CCCN=C[C@H](C)OC. The van der Waals surface area contributed by atoms with E-state index >= 15 is 0 Å². The summed E-state index contributed by atoms with van der Waals surface area (Å²) in [4.78, 5) is 4.11. The third-order valence-electron chi connectivity index (χ3n) is 1.04. The minimum absolute atomic E-state index is 0.163. The maximum atomic E-state index is 4.95. The molecule has 0 saturated carbocycles. The van der Waals surface area contributed by atoms with Gasteiger partial charge in [-0.25, -0.2) is 0 Å². The topological polar surface area (TPSA) is 21.6 Å². The molecule has 0 heterocycles. The molecule has 0 aromatic heterocycles. The first-order chi connectivity index (χ1) is 4.31. The van der Waals surface area contributed by atoms with E-state index in [1.54, 1.807) is 7.11 Å². The minimum Gasteiger partial charge on any atom is -0.376 e.